The molecule has 1 amide bonds. The molecule has 5 heteroatoms. The minimum absolute atomic E-state index is 0.0269. The Morgan fingerprint density at radius 2 is 2.62 bits per heavy atom. The monoisotopic (exact) mass is 220 g/mol. The molecule has 0 aliphatic carbocycles. The number of amides is 1. The van der Waals surface area contributed by atoms with Gasteiger partial charge in [0.05, 0.1) is 6.04 Å². The zero-order valence-corrected chi connectivity index (χ0v) is 9.63. The Bertz CT molecular complexity index is 172. The largest absolute Gasteiger partial charge is 0.354 e. The second-order valence-corrected chi connectivity index (χ2v) is 5.37. The maximum absolute atomic E-state index is 11.5. The van der Waals surface area contributed by atoms with Crippen molar-refractivity contribution in [2.75, 3.05) is 24.4 Å². The first-order valence-electron chi connectivity index (χ1n) is 4.35. The lowest BCUT2D eigenvalue weighted by Crippen LogP contribution is -2.43. The molecular weight excluding hydrogens is 204 g/mol. The molecule has 76 valence electrons. The highest BCUT2D eigenvalue weighted by Gasteiger charge is 2.22. The predicted octanol–water partition coefficient (Wildman–Crippen LogP) is 0.517. The third kappa shape index (κ3) is 3.79. The summed E-state index contributed by atoms with van der Waals surface area (Å²) in [7, 11) is 0. The first-order chi connectivity index (χ1) is 6.24. The first kappa shape index (κ1) is 11.2. The van der Waals surface area contributed by atoms with Gasteiger partial charge >= 0.3 is 0 Å². The van der Waals surface area contributed by atoms with Gasteiger partial charge in [-0.05, 0) is 6.26 Å². The molecule has 1 fully saturated rings. The normalized spacial score (nSPS) is 24.3. The van der Waals surface area contributed by atoms with Crippen molar-refractivity contribution in [3.8, 4) is 0 Å². The maximum atomic E-state index is 11.5. The zero-order valence-electron chi connectivity index (χ0n) is 8.00. The van der Waals surface area contributed by atoms with Crippen molar-refractivity contribution in [2.45, 2.75) is 18.2 Å². The Morgan fingerprint density at radius 1 is 1.85 bits per heavy atom. The van der Waals surface area contributed by atoms with Gasteiger partial charge in [0.25, 0.3) is 0 Å². The van der Waals surface area contributed by atoms with Crippen molar-refractivity contribution < 1.29 is 4.79 Å². The summed E-state index contributed by atoms with van der Waals surface area (Å²) >= 11 is 3.54. The number of rotatable bonds is 4. The van der Waals surface area contributed by atoms with Crippen LogP contribution < -0.4 is 10.6 Å². The lowest BCUT2D eigenvalue weighted by atomic mass is 10.3. The second-order valence-electron chi connectivity index (χ2n) is 3.06. The second kappa shape index (κ2) is 5.78. The van der Waals surface area contributed by atoms with Gasteiger partial charge < -0.3 is 5.32 Å². The molecule has 1 rings (SSSR count). The molecule has 0 aromatic carbocycles. The van der Waals surface area contributed by atoms with Gasteiger partial charge in [0.15, 0.2) is 0 Å². The molecule has 13 heavy (non-hydrogen) atoms. The minimum Gasteiger partial charge on any atom is -0.354 e. The average molecular weight is 220 g/mol. The summed E-state index contributed by atoms with van der Waals surface area (Å²) in [6.45, 7) is 2.88. The third-order valence-corrected chi connectivity index (χ3v) is 3.91. The predicted molar refractivity (Wildman–Crippen MR) is 60.2 cm³/mol. The van der Waals surface area contributed by atoms with E-state index in [0.717, 1.165) is 18.2 Å². The zero-order chi connectivity index (χ0) is 9.68. The van der Waals surface area contributed by atoms with Crippen LogP contribution in [0.2, 0.25) is 0 Å². The average Bonchev–Trinajstić information content (AvgIpc) is 2.66. The van der Waals surface area contributed by atoms with Crippen molar-refractivity contribution >= 4 is 29.4 Å². The van der Waals surface area contributed by atoms with Crippen LogP contribution in [-0.4, -0.2) is 41.6 Å². The van der Waals surface area contributed by atoms with E-state index in [9.17, 15) is 4.79 Å². The standard InChI is InChI=1S/C8H16N2OS2/c1-6(12-2)3-9-8(11)7-4-13-5-10-7/h6-7,10H,3-5H2,1-2H3,(H,9,11)/t6?,7-/m1/s1. The molecule has 1 saturated heterocycles. The fourth-order valence-electron chi connectivity index (χ4n) is 1.01. The van der Waals surface area contributed by atoms with Crippen molar-refractivity contribution in [1.29, 1.82) is 0 Å². The highest BCUT2D eigenvalue weighted by atomic mass is 32.2. The van der Waals surface area contributed by atoms with Crippen molar-refractivity contribution in [1.82, 2.24) is 10.6 Å². The highest BCUT2D eigenvalue weighted by Crippen LogP contribution is 2.09. The van der Waals surface area contributed by atoms with Crippen molar-refractivity contribution in [2.24, 2.45) is 0 Å². The number of nitrogens with one attached hydrogen (secondary N) is 2. The van der Waals surface area contributed by atoms with Crippen LogP contribution >= 0.6 is 23.5 Å². The maximum Gasteiger partial charge on any atom is 0.238 e. The van der Waals surface area contributed by atoms with Crippen LogP contribution in [0.25, 0.3) is 0 Å². The summed E-state index contributed by atoms with van der Waals surface area (Å²) in [6, 6.07) is 0.0269. The smallest absolute Gasteiger partial charge is 0.238 e. The van der Waals surface area contributed by atoms with Gasteiger partial charge in [0.1, 0.15) is 0 Å². The summed E-state index contributed by atoms with van der Waals surface area (Å²) in [5.41, 5.74) is 0. The molecular formula is C8H16N2OS2. The van der Waals surface area contributed by atoms with Gasteiger partial charge in [-0.3, -0.25) is 10.1 Å². The summed E-state index contributed by atoms with van der Waals surface area (Å²) < 4.78 is 0. The number of carbonyl (C=O) groups excluding carboxylic acids is 1. The lowest BCUT2D eigenvalue weighted by Gasteiger charge is -2.13. The fourth-order valence-corrected chi connectivity index (χ4v) is 2.21. The third-order valence-electron chi connectivity index (χ3n) is 2.00. The molecule has 0 bridgehead atoms. The van der Waals surface area contributed by atoms with Gasteiger partial charge in [-0.2, -0.15) is 11.8 Å². The van der Waals surface area contributed by atoms with Gasteiger partial charge in [0.2, 0.25) is 5.91 Å². The van der Waals surface area contributed by atoms with Crippen LogP contribution in [0.5, 0.6) is 0 Å². The van der Waals surface area contributed by atoms with Crippen molar-refractivity contribution in [3.05, 3.63) is 0 Å². The molecule has 1 aliphatic rings. The van der Waals surface area contributed by atoms with E-state index in [1.165, 1.54) is 0 Å². The van der Waals surface area contributed by atoms with Crippen LogP contribution in [0, 0.1) is 0 Å². The SMILES string of the molecule is CSC(C)CNC(=O)[C@H]1CSCN1. The van der Waals surface area contributed by atoms with Crippen LogP contribution in [0.15, 0.2) is 0 Å². The molecule has 0 spiro atoms. The number of carbonyl (C=O) groups is 1. The van der Waals surface area contributed by atoms with E-state index < -0.39 is 0 Å². The Kier molecular flexibility index (Phi) is 4.98. The summed E-state index contributed by atoms with van der Waals surface area (Å²) in [6.07, 6.45) is 2.06. The molecule has 1 heterocycles. The molecule has 2 atom stereocenters. The fraction of sp³-hybridized carbons (Fsp3) is 0.875. The van der Waals surface area contributed by atoms with E-state index in [4.69, 9.17) is 0 Å². The van der Waals surface area contributed by atoms with E-state index in [1.54, 1.807) is 23.5 Å². The lowest BCUT2D eigenvalue weighted by molar-refractivity contribution is -0.122. The minimum atomic E-state index is 0.0269. The van der Waals surface area contributed by atoms with Gasteiger partial charge in [0, 0.05) is 23.4 Å². The Labute approximate surface area is 87.8 Å². The van der Waals surface area contributed by atoms with E-state index in [1.807, 2.05) is 0 Å². The number of thioether (sulfide) groups is 2. The number of hydrogen-bond acceptors (Lipinski definition) is 4. The quantitative estimate of drug-likeness (QED) is 0.724. The summed E-state index contributed by atoms with van der Waals surface area (Å²) in [5.74, 6) is 1.95. The van der Waals surface area contributed by atoms with E-state index in [-0.39, 0.29) is 11.9 Å². The molecule has 1 aliphatic heterocycles. The summed E-state index contributed by atoms with van der Waals surface area (Å²) in [5, 5.41) is 6.58. The molecule has 0 aromatic rings. The van der Waals surface area contributed by atoms with Gasteiger partial charge in [-0.1, -0.05) is 6.92 Å². The molecule has 0 aromatic heterocycles. The van der Waals surface area contributed by atoms with Crippen LogP contribution in [-0.2, 0) is 4.79 Å². The molecule has 1 unspecified atom stereocenters. The molecule has 3 nitrogen and oxygen atoms in total. The first-order valence-corrected chi connectivity index (χ1v) is 6.80. The van der Waals surface area contributed by atoms with Crippen LogP contribution in [0.1, 0.15) is 6.92 Å². The Morgan fingerprint density at radius 3 is 3.15 bits per heavy atom. The van der Waals surface area contributed by atoms with E-state index in [2.05, 4.69) is 23.8 Å². The number of hydrogen-bond donors (Lipinski definition) is 2. The highest BCUT2D eigenvalue weighted by molar-refractivity contribution is 7.99. The van der Waals surface area contributed by atoms with Crippen molar-refractivity contribution in [3.63, 3.8) is 0 Å². The Balaban J connectivity index is 2.16. The molecule has 0 saturated carbocycles. The van der Waals surface area contributed by atoms with E-state index in [0.29, 0.717) is 5.25 Å². The van der Waals surface area contributed by atoms with Gasteiger partial charge in [-0.25, -0.2) is 0 Å². The van der Waals surface area contributed by atoms with Crippen LogP contribution in [0.3, 0.4) is 0 Å². The Hall–Kier alpha value is 0.130. The van der Waals surface area contributed by atoms with Gasteiger partial charge in [-0.15, -0.1) is 11.8 Å². The molecule has 0 radical (unpaired) electrons. The summed E-state index contributed by atoms with van der Waals surface area (Å²) in [4.78, 5) is 11.5. The van der Waals surface area contributed by atoms with E-state index >= 15 is 0 Å². The topological polar surface area (TPSA) is 41.1 Å². The van der Waals surface area contributed by atoms with Crippen LogP contribution in [0.4, 0.5) is 0 Å². The molecule has 2 N–H and O–H groups in total.